The van der Waals surface area contributed by atoms with Crippen LogP contribution in [0.25, 0.3) is 5.69 Å². The molecule has 0 amide bonds. The third kappa shape index (κ3) is 3.96. The summed E-state index contributed by atoms with van der Waals surface area (Å²) < 4.78 is 40.6. The van der Waals surface area contributed by atoms with Gasteiger partial charge in [0.25, 0.3) is 0 Å². The summed E-state index contributed by atoms with van der Waals surface area (Å²) in [6.07, 6.45) is -1.36. The summed E-state index contributed by atoms with van der Waals surface area (Å²) in [6.45, 7) is 0. The highest BCUT2D eigenvalue weighted by Gasteiger charge is 2.35. The molecule has 2 radical (unpaired) electrons. The molecule has 0 bridgehead atoms. The second-order valence-corrected chi connectivity index (χ2v) is 6.13. The molecular formula is C17H19F3N4. The normalized spacial score (nSPS) is 22.3. The van der Waals surface area contributed by atoms with E-state index in [0.717, 1.165) is 25.3 Å². The summed E-state index contributed by atoms with van der Waals surface area (Å²) in [5.74, 6) is 0. The standard InChI is InChI=1S/C17H19F3N4/c18-17(19,20)15-11-14(10-12-6-4-5-9-16(21)22-12)24(23-15)13-7-2-1-3-8-13/h1-3,7-8,11-12,16,22H,4-6,9-10H2. The predicted octanol–water partition coefficient (Wildman–Crippen LogP) is 3.36. The number of para-hydroxylation sites is 1. The molecule has 0 aliphatic carbocycles. The van der Waals surface area contributed by atoms with E-state index < -0.39 is 18.0 Å². The molecule has 1 aromatic heterocycles. The molecule has 128 valence electrons. The molecule has 4 nitrogen and oxygen atoms in total. The molecule has 1 N–H and O–H groups in total. The Morgan fingerprint density at radius 1 is 1.17 bits per heavy atom. The quantitative estimate of drug-likeness (QED) is 0.934. The van der Waals surface area contributed by atoms with E-state index in [2.05, 4.69) is 10.4 Å². The number of nitrogens with one attached hydrogen (secondary N) is 1. The van der Waals surface area contributed by atoms with Crippen LogP contribution in [0, 0.1) is 0 Å². The molecule has 1 fully saturated rings. The van der Waals surface area contributed by atoms with Crippen LogP contribution in [0.15, 0.2) is 36.4 Å². The minimum absolute atomic E-state index is 0.0669. The number of hydrogen-bond acceptors (Lipinski definition) is 2. The first-order valence-electron chi connectivity index (χ1n) is 8.09. The average Bonchev–Trinajstić information content (AvgIpc) is 2.85. The second-order valence-electron chi connectivity index (χ2n) is 6.13. The maximum absolute atomic E-state index is 13.1. The van der Waals surface area contributed by atoms with Gasteiger partial charge in [0, 0.05) is 18.2 Å². The first-order valence-corrected chi connectivity index (χ1v) is 8.09. The lowest BCUT2D eigenvalue weighted by molar-refractivity contribution is -0.141. The van der Waals surface area contributed by atoms with Gasteiger partial charge in [-0.1, -0.05) is 31.0 Å². The van der Waals surface area contributed by atoms with Crippen molar-refractivity contribution in [2.24, 2.45) is 0 Å². The number of hydrogen-bond donors (Lipinski definition) is 1. The van der Waals surface area contributed by atoms with Crippen molar-refractivity contribution in [2.45, 2.75) is 50.5 Å². The van der Waals surface area contributed by atoms with E-state index in [9.17, 15) is 18.9 Å². The van der Waals surface area contributed by atoms with E-state index in [0.29, 0.717) is 24.2 Å². The summed E-state index contributed by atoms with van der Waals surface area (Å²) in [5.41, 5.74) is 10.0. The van der Waals surface area contributed by atoms with Crippen LogP contribution < -0.4 is 11.1 Å². The number of alkyl halides is 3. The molecule has 3 rings (SSSR count). The van der Waals surface area contributed by atoms with Crippen LogP contribution in [-0.4, -0.2) is 22.0 Å². The van der Waals surface area contributed by atoms with E-state index >= 15 is 0 Å². The monoisotopic (exact) mass is 336 g/mol. The third-order valence-corrected chi connectivity index (χ3v) is 4.24. The number of aromatic nitrogens is 2. The Kier molecular flexibility index (Phi) is 4.91. The van der Waals surface area contributed by atoms with Crippen LogP contribution in [-0.2, 0) is 12.6 Å². The van der Waals surface area contributed by atoms with E-state index in [-0.39, 0.29) is 6.04 Å². The first-order chi connectivity index (χ1) is 11.4. The summed E-state index contributed by atoms with van der Waals surface area (Å²) >= 11 is 0. The fourth-order valence-corrected chi connectivity index (χ4v) is 3.08. The lowest BCUT2D eigenvalue weighted by Crippen LogP contribution is -2.39. The highest BCUT2D eigenvalue weighted by Crippen LogP contribution is 2.30. The molecule has 1 saturated heterocycles. The molecule has 2 atom stereocenters. The van der Waals surface area contributed by atoms with Crippen molar-refractivity contribution in [3.05, 3.63) is 47.8 Å². The van der Waals surface area contributed by atoms with Gasteiger partial charge in [-0.3, -0.25) is 5.32 Å². The lowest BCUT2D eigenvalue weighted by Gasteiger charge is -2.19. The van der Waals surface area contributed by atoms with Crippen molar-refractivity contribution < 1.29 is 13.2 Å². The summed E-state index contributed by atoms with van der Waals surface area (Å²) in [5, 5.41) is 6.85. The third-order valence-electron chi connectivity index (χ3n) is 4.24. The zero-order valence-corrected chi connectivity index (χ0v) is 13.1. The number of nitrogens with zero attached hydrogens (tertiary/aromatic N) is 3. The Morgan fingerprint density at radius 3 is 2.58 bits per heavy atom. The highest BCUT2D eigenvalue weighted by molar-refractivity contribution is 5.34. The fraction of sp³-hybridized carbons (Fsp3) is 0.471. The van der Waals surface area contributed by atoms with Crippen molar-refractivity contribution in [1.29, 1.82) is 0 Å². The zero-order valence-electron chi connectivity index (χ0n) is 13.1. The Labute approximate surface area is 138 Å². The highest BCUT2D eigenvalue weighted by atomic mass is 19.4. The molecule has 7 heteroatoms. The van der Waals surface area contributed by atoms with E-state index in [1.807, 2.05) is 0 Å². The minimum Gasteiger partial charge on any atom is -0.296 e. The van der Waals surface area contributed by atoms with Crippen LogP contribution in [0.4, 0.5) is 13.2 Å². The van der Waals surface area contributed by atoms with Crippen molar-refractivity contribution >= 4 is 0 Å². The van der Waals surface area contributed by atoms with Gasteiger partial charge in [-0.05, 0) is 31.0 Å². The van der Waals surface area contributed by atoms with Crippen molar-refractivity contribution in [2.75, 3.05) is 0 Å². The maximum atomic E-state index is 13.1. The topological polar surface area (TPSA) is 52.1 Å². The molecule has 1 aromatic carbocycles. The van der Waals surface area contributed by atoms with Crippen LogP contribution >= 0.6 is 0 Å². The van der Waals surface area contributed by atoms with Crippen LogP contribution in [0.5, 0.6) is 0 Å². The molecule has 24 heavy (non-hydrogen) atoms. The first kappa shape index (κ1) is 17.0. The van der Waals surface area contributed by atoms with Crippen LogP contribution in [0.1, 0.15) is 37.1 Å². The van der Waals surface area contributed by atoms with Gasteiger partial charge in [-0.15, -0.1) is 5.73 Å². The molecule has 0 saturated carbocycles. The number of rotatable bonds is 3. The average molecular weight is 336 g/mol. The van der Waals surface area contributed by atoms with E-state index in [4.69, 9.17) is 0 Å². The molecule has 0 spiro atoms. The SMILES string of the molecule is [N]C1CCCCC(Cc2cc(C(F)(F)F)nn2-c2ccccc2)N1. The van der Waals surface area contributed by atoms with Crippen molar-refractivity contribution in [3.8, 4) is 5.69 Å². The van der Waals surface area contributed by atoms with Gasteiger partial charge in [-0.25, -0.2) is 4.68 Å². The second kappa shape index (κ2) is 6.94. The Morgan fingerprint density at radius 2 is 1.88 bits per heavy atom. The molecule has 2 heterocycles. The van der Waals surface area contributed by atoms with Gasteiger partial charge in [0.05, 0.1) is 11.9 Å². The van der Waals surface area contributed by atoms with E-state index in [1.54, 1.807) is 30.3 Å². The Bertz CT molecular complexity index is 666. The van der Waals surface area contributed by atoms with Gasteiger partial charge in [0.15, 0.2) is 5.69 Å². The number of benzene rings is 1. The zero-order chi connectivity index (χ0) is 17.2. The lowest BCUT2D eigenvalue weighted by atomic mass is 10.1. The van der Waals surface area contributed by atoms with Gasteiger partial charge in [0.1, 0.15) is 0 Å². The summed E-state index contributed by atoms with van der Waals surface area (Å²) in [4.78, 5) is 0. The van der Waals surface area contributed by atoms with Gasteiger partial charge < -0.3 is 0 Å². The minimum atomic E-state index is -4.48. The van der Waals surface area contributed by atoms with Crippen molar-refractivity contribution in [1.82, 2.24) is 20.8 Å². The Hall–Kier alpha value is -1.86. The van der Waals surface area contributed by atoms with Crippen LogP contribution in [0.2, 0.25) is 0 Å². The molecule has 1 aliphatic rings. The maximum Gasteiger partial charge on any atom is 0.435 e. The fourth-order valence-electron chi connectivity index (χ4n) is 3.08. The smallest absolute Gasteiger partial charge is 0.296 e. The summed E-state index contributed by atoms with van der Waals surface area (Å²) in [7, 11) is 0. The van der Waals surface area contributed by atoms with Gasteiger partial charge >= 0.3 is 6.18 Å². The molecular weight excluding hydrogens is 317 g/mol. The summed E-state index contributed by atoms with van der Waals surface area (Å²) in [6, 6.07) is 9.83. The predicted molar refractivity (Wildman–Crippen MR) is 83.6 cm³/mol. The molecule has 1 aliphatic heterocycles. The van der Waals surface area contributed by atoms with Crippen LogP contribution in [0.3, 0.4) is 0 Å². The number of halogens is 3. The molecule has 2 aromatic rings. The van der Waals surface area contributed by atoms with Gasteiger partial charge in [0.2, 0.25) is 0 Å². The van der Waals surface area contributed by atoms with E-state index in [1.165, 1.54) is 4.68 Å². The van der Waals surface area contributed by atoms with Gasteiger partial charge in [-0.2, -0.15) is 18.3 Å². The molecule has 2 unspecified atom stereocenters. The van der Waals surface area contributed by atoms with Crippen molar-refractivity contribution in [3.63, 3.8) is 0 Å². The Balaban J connectivity index is 1.92. The largest absolute Gasteiger partial charge is 0.435 e.